The predicted molar refractivity (Wildman–Crippen MR) is 88.0 cm³/mol. The summed E-state index contributed by atoms with van der Waals surface area (Å²) in [6.07, 6.45) is 0.806. The third-order valence-electron chi connectivity index (χ3n) is 3.63. The molecule has 1 aromatic heterocycles. The lowest BCUT2D eigenvalue weighted by Gasteiger charge is -2.02. The molecule has 4 rings (SSSR count). The van der Waals surface area contributed by atoms with Crippen molar-refractivity contribution in [1.29, 1.82) is 0 Å². The van der Waals surface area contributed by atoms with Crippen molar-refractivity contribution in [2.24, 2.45) is 0 Å². The van der Waals surface area contributed by atoms with Crippen LogP contribution in [-0.2, 0) is 12.2 Å². The molecule has 21 heavy (non-hydrogen) atoms. The van der Waals surface area contributed by atoms with Crippen LogP contribution in [-0.4, -0.2) is 10.1 Å². The third-order valence-corrected chi connectivity index (χ3v) is 5.90. The molecule has 0 saturated carbocycles. The maximum atomic E-state index is 9.91. The normalized spacial score (nSPS) is 12.2. The topological polar surface area (TPSA) is 33.1 Å². The minimum Gasteiger partial charge on any atom is -0.508 e. The van der Waals surface area contributed by atoms with Gasteiger partial charge in [0.25, 0.3) is 0 Å². The smallest absolute Gasteiger partial charge is 0.151 e. The number of phenols is 1. The molecule has 0 saturated heterocycles. The SMILES string of the molecule is Oc1cccc2c1Cc1sc(SCc3ccccc3)nc1-2. The lowest BCUT2D eigenvalue weighted by atomic mass is 10.1. The summed E-state index contributed by atoms with van der Waals surface area (Å²) in [6, 6.07) is 16.1. The average Bonchev–Trinajstić information content (AvgIpc) is 3.05. The van der Waals surface area contributed by atoms with Crippen molar-refractivity contribution in [3.63, 3.8) is 0 Å². The van der Waals surface area contributed by atoms with Gasteiger partial charge in [-0.2, -0.15) is 0 Å². The van der Waals surface area contributed by atoms with Gasteiger partial charge in [-0.25, -0.2) is 4.98 Å². The molecule has 1 N–H and O–H groups in total. The van der Waals surface area contributed by atoms with Gasteiger partial charge in [-0.05, 0) is 11.6 Å². The Kier molecular flexibility index (Phi) is 3.20. The number of hydrogen-bond acceptors (Lipinski definition) is 4. The third kappa shape index (κ3) is 2.34. The zero-order valence-corrected chi connectivity index (χ0v) is 12.9. The summed E-state index contributed by atoms with van der Waals surface area (Å²) in [5.41, 5.74) is 4.48. The molecule has 3 aromatic rings. The van der Waals surface area contributed by atoms with Gasteiger partial charge in [0.2, 0.25) is 0 Å². The highest BCUT2D eigenvalue weighted by Crippen LogP contribution is 2.44. The van der Waals surface area contributed by atoms with Gasteiger partial charge in [0.1, 0.15) is 5.75 Å². The standard InChI is InChI=1S/C17H13NOS2/c19-14-8-4-7-12-13(14)9-15-16(12)18-17(21-15)20-10-11-5-2-1-3-6-11/h1-8,19H,9-10H2. The van der Waals surface area contributed by atoms with E-state index in [0.29, 0.717) is 5.75 Å². The van der Waals surface area contributed by atoms with E-state index in [4.69, 9.17) is 4.98 Å². The molecule has 2 aromatic carbocycles. The van der Waals surface area contributed by atoms with Crippen molar-refractivity contribution in [1.82, 2.24) is 4.98 Å². The maximum absolute atomic E-state index is 9.91. The van der Waals surface area contributed by atoms with E-state index in [-0.39, 0.29) is 0 Å². The van der Waals surface area contributed by atoms with Crippen LogP contribution in [0.25, 0.3) is 11.3 Å². The second kappa shape index (κ2) is 5.20. The number of aromatic hydroxyl groups is 1. The fourth-order valence-electron chi connectivity index (χ4n) is 2.58. The molecule has 0 unspecified atom stereocenters. The molecule has 1 heterocycles. The Bertz CT molecular complexity index is 796. The predicted octanol–water partition coefficient (Wildman–Crippen LogP) is 4.71. The fourth-order valence-corrected chi connectivity index (χ4v) is 4.75. The Morgan fingerprint density at radius 3 is 2.81 bits per heavy atom. The van der Waals surface area contributed by atoms with Crippen LogP contribution in [0.15, 0.2) is 52.9 Å². The lowest BCUT2D eigenvalue weighted by Crippen LogP contribution is -1.83. The molecule has 0 bridgehead atoms. The van der Waals surface area contributed by atoms with Crippen LogP contribution in [0.4, 0.5) is 0 Å². The summed E-state index contributed by atoms with van der Waals surface area (Å²) in [4.78, 5) is 6.02. The monoisotopic (exact) mass is 311 g/mol. The summed E-state index contributed by atoms with van der Waals surface area (Å²) in [5, 5.41) is 9.91. The van der Waals surface area contributed by atoms with E-state index < -0.39 is 0 Å². The van der Waals surface area contributed by atoms with Gasteiger partial charge < -0.3 is 5.11 Å². The summed E-state index contributed by atoms with van der Waals surface area (Å²) >= 11 is 3.53. The van der Waals surface area contributed by atoms with E-state index in [1.54, 1.807) is 29.2 Å². The summed E-state index contributed by atoms with van der Waals surface area (Å²) in [5.74, 6) is 1.33. The van der Waals surface area contributed by atoms with Crippen LogP contribution in [0, 0.1) is 0 Å². The Morgan fingerprint density at radius 2 is 1.95 bits per heavy atom. The molecule has 0 amide bonds. The first-order valence-corrected chi connectivity index (χ1v) is 8.59. The molecule has 2 nitrogen and oxygen atoms in total. The zero-order chi connectivity index (χ0) is 14.2. The molecular weight excluding hydrogens is 298 g/mol. The molecule has 0 atom stereocenters. The van der Waals surface area contributed by atoms with Crippen molar-refractivity contribution >= 4 is 23.1 Å². The molecule has 0 spiro atoms. The number of aromatic nitrogens is 1. The average molecular weight is 311 g/mol. The Balaban J connectivity index is 1.58. The quantitative estimate of drug-likeness (QED) is 0.556. The van der Waals surface area contributed by atoms with Crippen molar-refractivity contribution in [3.05, 3.63) is 64.5 Å². The fraction of sp³-hybridized carbons (Fsp3) is 0.118. The highest BCUT2D eigenvalue weighted by atomic mass is 32.2. The van der Waals surface area contributed by atoms with Crippen molar-refractivity contribution in [2.45, 2.75) is 16.5 Å². The van der Waals surface area contributed by atoms with E-state index >= 15 is 0 Å². The number of hydrogen-bond donors (Lipinski definition) is 1. The lowest BCUT2D eigenvalue weighted by molar-refractivity contribution is 0.470. The number of benzene rings is 2. The number of fused-ring (bicyclic) bond motifs is 3. The molecule has 1 aliphatic carbocycles. The van der Waals surface area contributed by atoms with Crippen LogP contribution in [0.3, 0.4) is 0 Å². The first kappa shape index (κ1) is 12.9. The van der Waals surface area contributed by atoms with Crippen LogP contribution in [0.1, 0.15) is 16.0 Å². The van der Waals surface area contributed by atoms with E-state index in [0.717, 1.165) is 33.3 Å². The van der Waals surface area contributed by atoms with Crippen LogP contribution in [0.5, 0.6) is 5.75 Å². The summed E-state index contributed by atoms with van der Waals surface area (Å²) < 4.78 is 1.11. The van der Waals surface area contributed by atoms with Crippen molar-refractivity contribution in [3.8, 4) is 17.0 Å². The first-order chi connectivity index (χ1) is 10.3. The van der Waals surface area contributed by atoms with Gasteiger partial charge in [-0.15, -0.1) is 11.3 Å². The number of thioether (sulfide) groups is 1. The highest BCUT2D eigenvalue weighted by Gasteiger charge is 2.25. The van der Waals surface area contributed by atoms with E-state index in [2.05, 4.69) is 24.3 Å². The molecule has 4 heteroatoms. The molecular formula is C17H13NOS2. The van der Waals surface area contributed by atoms with Crippen molar-refractivity contribution < 1.29 is 5.11 Å². The molecule has 0 fully saturated rings. The van der Waals surface area contributed by atoms with Gasteiger partial charge in [-0.1, -0.05) is 54.2 Å². The Hall–Kier alpha value is -1.78. The second-order valence-electron chi connectivity index (χ2n) is 5.01. The van der Waals surface area contributed by atoms with Gasteiger partial charge in [0.05, 0.1) is 5.69 Å². The minimum absolute atomic E-state index is 0.385. The van der Waals surface area contributed by atoms with E-state index in [1.165, 1.54) is 10.4 Å². The van der Waals surface area contributed by atoms with Crippen LogP contribution in [0.2, 0.25) is 0 Å². The number of rotatable bonds is 3. The zero-order valence-electron chi connectivity index (χ0n) is 11.2. The van der Waals surface area contributed by atoms with Gasteiger partial charge in [-0.3, -0.25) is 0 Å². The summed E-state index contributed by atoms with van der Waals surface area (Å²) in [6.45, 7) is 0. The molecule has 104 valence electrons. The van der Waals surface area contributed by atoms with E-state index in [1.807, 2.05) is 18.2 Å². The van der Waals surface area contributed by atoms with E-state index in [9.17, 15) is 5.11 Å². The Morgan fingerprint density at radius 1 is 1.10 bits per heavy atom. The summed E-state index contributed by atoms with van der Waals surface area (Å²) in [7, 11) is 0. The van der Waals surface area contributed by atoms with Gasteiger partial charge >= 0.3 is 0 Å². The Labute approximate surface area is 131 Å². The maximum Gasteiger partial charge on any atom is 0.151 e. The number of thiazole rings is 1. The number of nitrogens with zero attached hydrogens (tertiary/aromatic N) is 1. The van der Waals surface area contributed by atoms with Crippen LogP contribution < -0.4 is 0 Å². The van der Waals surface area contributed by atoms with Crippen molar-refractivity contribution in [2.75, 3.05) is 0 Å². The highest BCUT2D eigenvalue weighted by molar-refractivity contribution is 8.00. The van der Waals surface area contributed by atoms with Crippen LogP contribution >= 0.6 is 23.1 Å². The molecule has 0 radical (unpaired) electrons. The second-order valence-corrected chi connectivity index (χ2v) is 7.31. The van der Waals surface area contributed by atoms with Gasteiger partial charge in [0, 0.05) is 28.2 Å². The first-order valence-electron chi connectivity index (χ1n) is 6.79. The molecule has 1 aliphatic rings. The largest absolute Gasteiger partial charge is 0.508 e. The number of phenolic OH excluding ortho intramolecular Hbond substituents is 1. The minimum atomic E-state index is 0.385. The van der Waals surface area contributed by atoms with Gasteiger partial charge in [0.15, 0.2) is 4.34 Å². The molecule has 0 aliphatic heterocycles.